The first-order valence-electron chi connectivity index (χ1n) is 11.4. The Hall–Kier alpha value is -3.13. The molecule has 188 valence electrons. The van der Waals surface area contributed by atoms with Gasteiger partial charge in [-0.2, -0.15) is 11.8 Å². The number of ketones is 1. The second-order valence-corrected chi connectivity index (χ2v) is 10.3. The number of thioether (sulfide) groups is 1. The third kappa shape index (κ3) is 8.55. The lowest BCUT2D eigenvalue weighted by Crippen LogP contribution is -2.44. The number of rotatable bonds is 10. The van der Waals surface area contributed by atoms with Gasteiger partial charge in [-0.05, 0) is 72.7 Å². The maximum Gasteiger partial charge on any atom is 0.329 e. The van der Waals surface area contributed by atoms with Crippen molar-refractivity contribution in [1.82, 2.24) is 5.32 Å². The van der Waals surface area contributed by atoms with Crippen LogP contribution in [0, 0.1) is 0 Å². The number of amides is 2. The van der Waals surface area contributed by atoms with Crippen molar-refractivity contribution in [3.05, 3.63) is 65.2 Å². The Labute approximate surface area is 211 Å². The van der Waals surface area contributed by atoms with Crippen molar-refractivity contribution in [2.45, 2.75) is 58.6 Å². The summed E-state index contributed by atoms with van der Waals surface area (Å²) in [6, 6.07) is 12.7. The molecule has 0 saturated carbocycles. The Kier molecular flexibility index (Phi) is 10.1. The van der Waals surface area contributed by atoms with E-state index in [1.54, 1.807) is 48.2 Å². The lowest BCUT2D eigenvalue weighted by atomic mass is 9.86. The molecule has 7 nitrogen and oxygen atoms in total. The molecule has 0 aliphatic carbocycles. The Morgan fingerprint density at radius 1 is 0.943 bits per heavy atom. The van der Waals surface area contributed by atoms with Gasteiger partial charge >= 0.3 is 5.97 Å². The molecule has 0 heterocycles. The van der Waals surface area contributed by atoms with Crippen molar-refractivity contribution in [3.8, 4) is 0 Å². The van der Waals surface area contributed by atoms with Gasteiger partial charge in [0.15, 0.2) is 6.10 Å². The fourth-order valence-corrected chi connectivity index (χ4v) is 3.78. The predicted octanol–water partition coefficient (Wildman–Crippen LogP) is 4.61. The van der Waals surface area contributed by atoms with E-state index < -0.39 is 18.1 Å². The fraction of sp³-hybridized carbons (Fsp3) is 0.407. The highest BCUT2D eigenvalue weighted by atomic mass is 32.2. The summed E-state index contributed by atoms with van der Waals surface area (Å²) in [5.41, 5.74) is 2.43. The molecule has 0 spiro atoms. The van der Waals surface area contributed by atoms with Gasteiger partial charge in [0, 0.05) is 23.7 Å². The van der Waals surface area contributed by atoms with Gasteiger partial charge in [0.2, 0.25) is 11.7 Å². The van der Waals surface area contributed by atoms with Crippen molar-refractivity contribution >= 4 is 41.0 Å². The van der Waals surface area contributed by atoms with Crippen LogP contribution in [0.5, 0.6) is 0 Å². The molecule has 2 rings (SSSR count). The molecule has 2 unspecified atom stereocenters. The summed E-state index contributed by atoms with van der Waals surface area (Å²) in [5.74, 6) is -0.985. The van der Waals surface area contributed by atoms with Crippen LogP contribution in [0.2, 0.25) is 0 Å². The third-order valence-corrected chi connectivity index (χ3v) is 6.01. The number of nitrogens with one attached hydrogen (secondary N) is 2. The van der Waals surface area contributed by atoms with Crippen molar-refractivity contribution in [1.29, 1.82) is 0 Å². The van der Waals surface area contributed by atoms with Gasteiger partial charge in [-0.3, -0.25) is 14.4 Å². The van der Waals surface area contributed by atoms with E-state index in [2.05, 4.69) is 31.4 Å². The largest absolute Gasteiger partial charge is 0.453 e. The molecule has 2 amide bonds. The maximum atomic E-state index is 12.9. The first-order chi connectivity index (χ1) is 16.4. The highest BCUT2D eigenvalue weighted by Crippen LogP contribution is 2.22. The number of hydrogen-bond acceptors (Lipinski definition) is 6. The number of esters is 1. The summed E-state index contributed by atoms with van der Waals surface area (Å²) in [4.78, 5) is 49.6. The molecule has 0 aliphatic heterocycles. The summed E-state index contributed by atoms with van der Waals surface area (Å²) < 4.78 is 5.44. The Balaban J connectivity index is 2.06. The van der Waals surface area contributed by atoms with E-state index in [0.717, 1.165) is 5.56 Å². The fourth-order valence-electron chi connectivity index (χ4n) is 3.31. The summed E-state index contributed by atoms with van der Waals surface area (Å²) in [7, 11) is 0. The second kappa shape index (κ2) is 12.5. The van der Waals surface area contributed by atoms with Gasteiger partial charge in [-0.15, -0.1) is 0 Å². The highest BCUT2D eigenvalue weighted by Gasteiger charge is 2.27. The SMILES string of the molecule is CSCCC(NC(=O)c1ccc(C(C)(C)C)cc1)C(=O)OC(C)C(=O)c1ccc(NC(C)=O)cc1. The molecule has 0 aromatic heterocycles. The van der Waals surface area contributed by atoms with Crippen LogP contribution in [0.4, 0.5) is 5.69 Å². The maximum absolute atomic E-state index is 12.9. The molecule has 0 fully saturated rings. The van der Waals surface area contributed by atoms with E-state index in [4.69, 9.17) is 4.74 Å². The first kappa shape index (κ1) is 28.1. The van der Waals surface area contributed by atoms with Crippen molar-refractivity contribution < 1.29 is 23.9 Å². The van der Waals surface area contributed by atoms with Crippen LogP contribution in [0.15, 0.2) is 48.5 Å². The summed E-state index contributed by atoms with van der Waals surface area (Å²) >= 11 is 1.55. The Bertz CT molecular complexity index is 1040. The van der Waals surface area contributed by atoms with Crippen LogP contribution in [0.3, 0.4) is 0 Å². The zero-order valence-electron chi connectivity index (χ0n) is 21.1. The van der Waals surface area contributed by atoms with Crippen LogP contribution in [-0.4, -0.2) is 47.7 Å². The van der Waals surface area contributed by atoms with E-state index in [1.807, 2.05) is 18.4 Å². The molecule has 2 aromatic carbocycles. The molecular weight excluding hydrogens is 464 g/mol. The van der Waals surface area contributed by atoms with Gasteiger partial charge in [-0.1, -0.05) is 32.9 Å². The topological polar surface area (TPSA) is 102 Å². The molecule has 2 N–H and O–H groups in total. The molecular formula is C27H34N2O5S. The number of ether oxygens (including phenoxy) is 1. The van der Waals surface area contributed by atoms with Crippen LogP contribution in [0.1, 0.15) is 67.3 Å². The number of hydrogen-bond donors (Lipinski definition) is 2. The van der Waals surface area contributed by atoms with Crippen LogP contribution >= 0.6 is 11.8 Å². The summed E-state index contributed by atoms with van der Waals surface area (Å²) in [5, 5.41) is 5.39. The van der Waals surface area contributed by atoms with E-state index >= 15 is 0 Å². The first-order valence-corrected chi connectivity index (χ1v) is 12.8. The van der Waals surface area contributed by atoms with Gasteiger partial charge in [0.05, 0.1) is 0 Å². The minimum atomic E-state index is -1.03. The number of carbonyl (C=O) groups is 4. The summed E-state index contributed by atoms with van der Waals surface area (Å²) in [6.45, 7) is 9.18. The van der Waals surface area contributed by atoms with Crippen molar-refractivity contribution in [3.63, 3.8) is 0 Å². The number of carbonyl (C=O) groups excluding carboxylic acids is 4. The normalized spacial score (nSPS) is 12.9. The minimum absolute atomic E-state index is 0.0351. The average Bonchev–Trinajstić information content (AvgIpc) is 2.80. The lowest BCUT2D eigenvalue weighted by Gasteiger charge is -2.21. The molecule has 35 heavy (non-hydrogen) atoms. The van der Waals surface area contributed by atoms with E-state index in [0.29, 0.717) is 29.0 Å². The van der Waals surface area contributed by atoms with E-state index in [-0.39, 0.29) is 23.0 Å². The van der Waals surface area contributed by atoms with Crippen LogP contribution < -0.4 is 10.6 Å². The lowest BCUT2D eigenvalue weighted by molar-refractivity contribution is -0.148. The van der Waals surface area contributed by atoms with Crippen LogP contribution in [-0.2, 0) is 19.7 Å². The van der Waals surface area contributed by atoms with E-state index in [9.17, 15) is 19.2 Å². The molecule has 2 aromatic rings. The standard InChI is InChI=1S/C27H34N2O5S/c1-17(24(31)19-9-13-22(14-10-19)28-18(2)30)34-26(33)23(15-16-35-6)29-25(32)20-7-11-21(12-8-20)27(3,4)5/h7-14,17,23H,15-16H2,1-6H3,(H,28,30)(H,29,32). The van der Waals surface area contributed by atoms with E-state index in [1.165, 1.54) is 13.8 Å². The molecule has 8 heteroatoms. The Morgan fingerprint density at radius 3 is 2.03 bits per heavy atom. The number of benzene rings is 2. The van der Waals surface area contributed by atoms with Gasteiger partial charge < -0.3 is 15.4 Å². The predicted molar refractivity (Wildman–Crippen MR) is 140 cm³/mol. The van der Waals surface area contributed by atoms with Crippen molar-refractivity contribution in [2.24, 2.45) is 0 Å². The van der Waals surface area contributed by atoms with Gasteiger partial charge in [0.1, 0.15) is 6.04 Å². The molecule has 0 radical (unpaired) electrons. The monoisotopic (exact) mass is 498 g/mol. The number of Topliss-reactive ketones (excluding diaryl/α,β-unsaturated/α-hetero) is 1. The average molecular weight is 499 g/mol. The molecule has 2 atom stereocenters. The molecule has 0 saturated heterocycles. The second-order valence-electron chi connectivity index (χ2n) is 9.34. The quantitative estimate of drug-likeness (QED) is 0.366. The summed E-state index contributed by atoms with van der Waals surface area (Å²) in [6.07, 6.45) is 1.25. The zero-order chi connectivity index (χ0) is 26.2. The van der Waals surface area contributed by atoms with Gasteiger partial charge in [-0.25, -0.2) is 4.79 Å². The third-order valence-electron chi connectivity index (χ3n) is 5.37. The highest BCUT2D eigenvalue weighted by molar-refractivity contribution is 7.98. The smallest absolute Gasteiger partial charge is 0.329 e. The zero-order valence-corrected chi connectivity index (χ0v) is 22.0. The molecule has 0 aliphatic rings. The Morgan fingerprint density at radius 2 is 1.51 bits per heavy atom. The van der Waals surface area contributed by atoms with Crippen LogP contribution in [0.25, 0.3) is 0 Å². The molecule has 0 bridgehead atoms. The minimum Gasteiger partial charge on any atom is -0.453 e. The number of anilines is 1. The van der Waals surface area contributed by atoms with Crippen molar-refractivity contribution in [2.75, 3.05) is 17.3 Å². The van der Waals surface area contributed by atoms with Gasteiger partial charge in [0.25, 0.3) is 5.91 Å².